The highest BCUT2D eigenvalue weighted by molar-refractivity contribution is 5.92. The highest BCUT2D eigenvalue weighted by Gasteiger charge is 2.21. The number of aliphatic hydroxyl groups excluding tert-OH is 1. The minimum absolute atomic E-state index is 0.0739. The molecule has 0 unspecified atom stereocenters. The topological polar surface area (TPSA) is 70.3 Å². The van der Waals surface area contributed by atoms with Gasteiger partial charge >= 0.3 is 5.97 Å². The van der Waals surface area contributed by atoms with E-state index in [0.717, 1.165) is 12.1 Å². The maximum Gasteiger partial charge on any atom is 0.338 e. The molecule has 1 N–H and O–H groups in total. The first-order valence-electron chi connectivity index (χ1n) is 5.18. The molecule has 0 radical (unpaired) electrons. The Balaban J connectivity index is 3.43. The lowest BCUT2D eigenvalue weighted by molar-refractivity contribution is 0.0522. The molecule has 18 heavy (non-hydrogen) atoms. The Morgan fingerprint density at radius 1 is 1.56 bits per heavy atom. The summed E-state index contributed by atoms with van der Waals surface area (Å²) in [7, 11) is 0. The van der Waals surface area contributed by atoms with Crippen LogP contribution in [0, 0.1) is 11.3 Å². The zero-order valence-corrected chi connectivity index (χ0v) is 9.61. The second-order valence-electron chi connectivity index (χ2n) is 3.38. The van der Waals surface area contributed by atoms with Crippen LogP contribution < -0.4 is 0 Å². The van der Waals surface area contributed by atoms with Crippen molar-refractivity contribution in [3.63, 3.8) is 0 Å². The Labute approximate surface area is 102 Å². The van der Waals surface area contributed by atoms with Crippen molar-refractivity contribution in [2.24, 2.45) is 0 Å². The molecule has 0 atom stereocenters. The molecule has 96 valence electrons. The van der Waals surface area contributed by atoms with E-state index in [1.165, 1.54) is 0 Å². The molecule has 0 aromatic heterocycles. The van der Waals surface area contributed by atoms with Crippen molar-refractivity contribution in [2.75, 3.05) is 6.61 Å². The van der Waals surface area contributed by atoms with E-state index >= 15 is 0 Å². The van der Waals surface area contributed by atoms with Crippen LogP contribution in [-0.4, -0.2) is 17.7 Å². The molecule has 0 aliphatic rings. The SMILES string of the molecule is CCOC(=O)c1cc(C#N)cc(C(F)F)c1CO. The minimum Gasteiger partial charge on any atom is -0.462 e. The smallest absolute Gasteiger partial charge is 0.338 e. The van der Waals surface area contributed by atoms with E-state index in [0.29, 0.717) is 0 Å². The van der Waals surface area contributed by atoms with Gasteiger partial charge in [-0.25, -0.2) is 13.6 Å². The molecule has 0 saturated carbocycles. The molecular formula is C12H11F2NO3. The molecule has 0 saturated heterocycles. The molecule has 1 rings (SSSR count). The van der Waals surface area contributed by atoms with Gasteiger partial charge in [0, 0.05) is 11.1 Å². The van der Waals surface area contributed by atoms with Gasteiger partial charge in [0.1, 0.15) is 0 Å². The van der Waals surface area contributed by atoms with Gasteiger partial charge in [0.05, 0.1) is 30.4 Å². The van der Waals surface area contributed by atoms with Crippen molar-refractivity contribution < 1.29 is 23.4 Å². The molecule has 0 aliphatic carbocycles. The summed E-state index contributed by atoms with van der Waals surface area (Å²) in [5.74, 6) is -0.833. The average molecular weight is 255 g/mol. The number of benzene rings is 1. The summed E-state index contributed by atoms with van der Waals surface area (Å²) in [6.07, 6.45) is -2.88. The summed E-state index contributed by atoms with van der Waals surface area (Å²) in [5, 5.41) is 17.8. The van der Waals surface area contributed by atoms with Gasteiger partial charge in [0.15, 0.2) is 0 Å². The van der Waals surface area contributed by atoms with Crippen LogP contribution in [0.1, 0.15) is 40.4 Å². The normalized spacial score (nSPS) is 10.2. The number of hydrogen-bond acceptors (Lipinski definition) is 4. The van der Waals surface area contributed by atoms with Crippen LogP contribution in [0.4, 0.5) is 8.78 Å². The number of aliphatic hydroxyl groups is 1. The first kappa shape index (κ1) is 14.1. The molecule has 0 bridgehead atoms. The Morgan fingerprint density at radius 2 is 2.22 bits per heavy atom. The van der Waals surface area contributed by atoms with E-state index in [1.807, 2.05) is 0 Å². The number of nitriles is 1. The lowest BCUT2D eigenvalue weighted by Gasteiger charge is -2.12. The molecule has 4 nitrogen and oxygen atoms in total. The van der Waals surface area contributed by atoms with Crippen molar-refractivity contribution in [1.82, 2.24) is 0 Å². The van der Waals surface area contributed by atoms with E-state index in [2.05, 4.69) is 0 Å². The monoisotopic (exact) mass is 255 g/mol. The predicted octanol–water partition coefficient (Wildman–Crippen LogP) is 2.16. The summed E-state index contributed by atoms with van der Waals surface area (Å²) >= 11 is 0. The number of esters is 1. The molecule has 1 aromatic carbocycles. The van der Waals surface area contributed by atoms with Crippen LogP contribution in [0.15, 0.2) is 12.1 Å². The first-order chi connectivity index (χ1) is 8.54. The van der Waals surface area contributed by atoms with Crippen LogP contribution in [0.25, 0.3) is 0 Å². The average Bonchev–Trinajstić information content (AvgIpc) is 2.37. The van der Waals surface area contributed by atoms with Gasteiger partial charge in [-0.15, -0.1) is 0 Å². The third-order valence-electron chi connectivity index (χ3n) is 2.30. The van der Waals surface area contributed by atoms with Crippen LogP contribution in [0.3, 0.4) is 0 Å². The number of ether oxygens (including phenoxy) is 1. The number of nitrogens with zero attached hydrogens (tertiary/aromatic N) is 1. The quantitative estimate of drug-likeness (QED) is 0.837. The molecule has 0 heterocycles. The molecule has 6 heteroatoms. The van der Waals surface area contributed by atoms with Gasteiger partial charge in [-0.2, -0.15) is 5.26 Å². The third-order valence-corrected chi connectivity index (χ3v) is 2.30. The van der Waals surface area contributed by atoms with Crippen molar-refractivity contribution in [1.29, 1.82) is 5.26 Å². The summed E-state index contributed by atoms with van der Waals surface area (Å²) < 4.78 is 30.3. The van der Waals surface area contributed by atoms with Crippen LogP contribution >= 0.6 is 0 Å². The number of halogens is 2. The third kappa shape index (κ3) is 2.81. The predicted molar refractivity (Wildman–Crippen MR) is 58.0 cm³/mol. The van der Waals surface area contributed by atoms with Crippen molar-refractivity contribution in [3.8, 4) is 6.07 Å². The summed E-state index contributed by atoms with van der Waals surface area (Å²) in [4.78, 5) is 11.6. The van der Waals surface area contributed by atoms with Crippen LogP contribution in [0.2, 0.25) is 0 Å². The van der Waals surface area contributed by atoms with Gasteiger partial charge in [-0.3, -0.25) is 0 Å². The number of alkyl halides is 2. The van der Waals surface area contributed by atoms with E-state index in [-0.39, 0.29) is 23.3 Å². The van der Waals surface area contributed by atoms with Crippen molar-refractivity contribution in [3.05, 3.63) is 34.4 Å². The fourth-order valence-electron chi connectivity index (χ4n) is 1.52. The Hall–Kier alpha value is -2.00. The Kier molecular flexibility index (Phi) is 4.75. The number of carbonyl (C=O) groups is 1. The minimum atomic E-state index is -2.88. The van der Waals surface area contributed by atoms with E-state index in [4.69, 9.17) is 15.1 Å². The Morgan fingerprint density at radius 3 is 2.67 bits per heavy atom. The largest absolute Gasteiger partial charge is 0.462 e. The maximum absolute atomic E-state index is 12.8. The number of hydrogen-bond donors (Lipinski definition) is 1. The second-order valence-corrected chi connectivity index (χ2v) is 3.38. The standard InChI is InChI=1S/C12H11F2NO3/c1-2-18-12(17)9-4-7(5-15)3-8(11(13)14)10(9)6-16/h3-4,11,16H,2,6H2,1H3. The van der Waals surface area contributed by atoms with Gasteiger partial charge in [0.2, 0.25) is 0 Å². The number of rotatable bonds is 4. The van der Waals surface area contributed by atoms with E-state index in [1.54, 1.807) is 13.0 Å². The molecule has 0 aliphatic heterocycles. The molecular weight excluding hydrogens is 244 g/mol. The van der Waals surface area contributed by atoms with Crippen LogP contribution in [-0.2, 0) is 11.3 Å². The highest BCUT2D eigenvalue weighted by atomic mass is 19.3. The van der Waals surface area contributed by atoms with E-state index in [9.17, 15) is 13.6 Å². The van der Waals surface area contributed by atoms with Crippen LogP contribution in [0.5, 0.6) is 0 Å². The van der Waals surface area contributed by atoms with E-state index < -0.39 is 24.6 Å². The van der Waals surface area contributed by atoms with Crippen molar-refractivity contribution in [2.45, 2.75) is 20.0 Å². The molecule has 0 spiro atoms. The second kappa shape index (κ2) is 6.07. The van der Waals surface area contributed by atoms with Gasteiger partial charge in [-0.05, 0) is 19.1 Å². The molecule has 1 aromatic rings. The van der Waals surface area contributed by atoms with Gasteiger partial charge in [-0.1, -0.05) is 0 Å². The lowest BCUT2D eigenvalue weighted by atomic mass is 9.98. The van der Waals surface area contributed by atoms with Crippen molar-refractivity contribution >= 4 is 5.97 Å². The molecule has 0 fully saturated rings. The van der Waals surface area contributed by atoms with Gasteiger partial charge in [0.25, 0.3) is 6.43 Å². The fourth-order valence-corrected chi connectivity index (χ4v) is 1.52. The molecule has 0 amide bonds. The zero-order chi connectivity index (χ0) is 13.7. The first-order valence-corrected chi connectivity index (χ1v) is 5.18. The summed E-state index contributed by atoms with van der Waals surface area (Å²) in [5.41, 5.74) is -1.01. The maximum atomic E-state index is 12.8. The highest BCUT2D eigenvalue weighted by Crippen LogP contribution is 2.27. The fraction of sp³-hybridized carbons (Fsp3) is 0.333. The Bertz CT molecular complexity index is 495. The number of carbonyl (C=O) groups excluding carboxylic acids is 1. The van der Waals surface area contributed by atoms with Gasteiger partial charge < -0.3 is 9.84 Å². The summed E-state index contributed by atoms with van der Waals surface area (Å²) in [6, 6.07) is 3.78. The summed E-state index contributed by atoms with van der Waals surface area (Å²) in [6.45, 7) is 0.919. The lowest BCUT2D eigenvalue weighted by Crippen LogP contribution is -2.11. The zero-order valence-electron chi connectivity index (χ0n) is 9.61.